The highest BCUT2D eigenvalue weighted by Gasteiger charge is 2.09. The molecule has 0 radical (unpaired) electrons. The Morgan fingerprint density at radius 2 is 1.90 bits per heavy atom. The number of amides is 1. The average molecular weight is 410 g/mol. The minimum absolute atomic E-state index is 0.0986. The van der Waals surface area contributed by atoms with E-state index in [4.69, 9.17) is 0 Å². The molecule has 0 unspecified atom stereocenters. The number of hydrogen-bond acceptors (Lipinski definition) is 7. The first-order valence-corrected chi connectivity index (χ1v) is 10.1. The number of aliphatic hydroxyl groups excluding tert-OH is 1. The topological polar surface area (TPSA) is 104 Å². The van der Waals surface area contributed by atoms with Gasteiger partial charge < -0.3 is 15.7 Å². The molecule has 29 heavy (non-hydrogen) atoms. The van der Waals surface area contributed by atoms with Crippen molar-refractivity contribution < 1.29 is 9.90 Å². The Balaban J connectivity index is 1.39. The van der Waals surface area contributed by atoms with Gasteiger partial charge in [-0.1, -0.05) is 53.8 Å². The Bertz CT molecular complexity index is 929. The second-order valence-corrected chi connectivity index (χ2v) is 7.35. The van der Waals surface area contributed by atoms with Gasteiger partial charge in [0.1, 0.15) is 0 Å². The quantitative estimate of drug-likeness (QED) is 0.350. The second-order valence-electron chi connectivity index (χ2n) is 6.52. The Kier molecular flexibility index (Phi) is 7.57. The minimum atomic E-state index is -0.523. The highest BCUT2D eigenvalue weighted by molar-refractivity contribution is 7.13. The summed E-state index contributed by atoms with van der Waals surface area (Å²) in [5.74, 6) is -0.197. The number of anilines is 1. The number of nitroso groups, excluding NO2 is 1. The lowest BCUT2D eigenvalue weighted by Crippen LogP contribution is -2.23. The van der Waals surface area contributed by atoms with E-state index in [9.17, 15) is 14.8 Å². The second kappa shape index (κ2) is 10.6. The van der Waals surface area contributed by atoms with Gasteiger partial charge in [0.05, 0.1) is 18.2 Å². The van der Waals surface area contributed by atoms with Crippen LogP contribution in [0.4, 0.5) is 10.8 Å². The lowest BCUT2D eigenvalue weighted by molar-refractivity contribution is -0.115. The fourth-order valence-corrected chi connectivity index (χ4v) is 3.40. The number of aromatic nitrogens is 1. The van der Waals surface area contributed by atoms with Crippen LogP contribution in [-0.2, 0) is 17.6 Å². The molecule has 2 aromatic carbocycles. The van der Waals surface area contributed by atoms with Crippen LogP contribution >= 0.6 is 11.3 Å². The Morgan fingerprint density at radius 3 is 2.59 bits per heavy atom. The molecule has 0 aliphatic rings. The third-order valence-electron chi connectivity index (χ3n) is 4.31. The van der Waals surface area contributed by atoms with Crippen molar-refractivity contribution in [3.8, 4) is 0 Å². The molecule has 3 N–H and O–H groups in total. The smallest absolute Gasteiger partial charge is 0.252 e. The van der Waals surface area contributed by atoms with Crippen molar-refractivity contribution in [2.24, 2.45) is 5.18 Å². The molecule has 1 heterocycles. The standard InChI is InChI=1S/C21H22N4O3S/c26-19(16-4-2-1-3-5-16)13-22-11-10-15-6-8-17(9-7-15)23-20(27)12-18-14-29-21(24-18)25-28/h1-9,14,19,22,26H,10-13H2,(H,23,27)/t19-/m0/s1. The van der Waals surface area contributed by atoms with Gasteiger partial charge in [-0.15, -0.1) is 4.91 Å². The van der Waals surface area contributed by atoms with E-state index in [2.05, 4.69) is 20.8 Å². The normalized spacial score (nSPS) is 11.8. The van der Waals surface area contributed by atoms with Crippen LogP contribution in [0.2, 0.25) is 0 Å². The minimum Gasteiger partial charge on any atom is -0.387 e. The van der Waals surface area contributed by atoms with E-state index in [0.717, 1.165) is 35.4 Å². The molecule has 150 valence electrons. The summed E-state index contributed by atoms with van der Waals surface area (Å²) in [5, 5.41) is 20.7. The summed E-state index contributed by atoms with van der Waals surface area (Å²) in [7, 11) is 0. The number of nitrogens with zero attached hydrogens (tertiary/aromatic N) is 2. The van der Waals surface area contributed by atoms with Gasteiger partial charge in [-0.25, -0.2) is 4.98 Å². The highest BCUT2D eigenvalue weighted by Crippen LogP contribution is 2.19. The summed E-state index contributed by atoms with van der Waals surface area (Å²) in [6.45, 7) is 1.24. The summed E-state index contributed by atoms with van der Waals surface area (Å²) >= 11 is 1.12. The SMILES string of the molecule is O=Nc1nc(CC(=O)Nc2ccc(CCNC[C@H](O)c3ccccc3)cc2)cs1. The van der Waals surface area contributed by atoms with Gasteiger partial charge in [-0.2, -0.15) is 0 Å². The van der Waals surface area contributed by atoms with Gasteiger partial charge in [-0.05, 0) is 36.2 Å². The molecular weight excluding hydrogens is 388 g/mol. The predicted octanol–water partition coefficient (Wildman–Crippen LogP) is 3.59. The van der Waals surface area contributed by atoms with Crippen molar-refractivity contribution in [2.45, 2.75) is 18.9 Å². The molecule has 3 aromatic rings. The Labute approximate surface area is 172 Å². The number of carbonyl (C=O) groups excluding carboxylic acids is 1. The molecule has 3 rings (SSSR count). The van der Waals surface area contributed by atoms with Gasteiger partial charge in [0.2, 0.25) is 5.91 Å². The van der Waals surface area contributed by atoms with Crippen LogP contribution in [-0.4, -0.2) is 29.1 Å². The number of benzene rings is 2. The summed E-state index contributed by atoms with van der Waals surface area (Å²) < 4.78 is 0. The van der Waals surface area contributed by atoms with Gasteiger partial charge in [0.25, 0.3) is 5.13 Å². The average Bonchev–Trinajstić information content (AvgIpc) is 3.20. The van der Waals surface area contributed by atoms with Crippen LogP contribution in [0.3, 0.4) is 0 Å². The molecule has 8 heteroatoms. The zero-order valence-electron chi connectivity index (χ0n) is 15.7. The van der Waals surface area contributed by atoms with E-state index in [1.54, 1.807) is 5.38 Å². The van der Waals surface area contributed by atoms with Gasteiger partial charge >= 0.3 is 0 Å². The molecule has 1 atom stereocenters. The monoisotopic (exact) mass is 410 g/mol. The van der Waals surface area contributed by atoms with Crippen LogP contribution in [0, 0.1) is 4.91 Å². The van der Waals surface area contributed by atoms with Crippen molar-refractivity contribution in [3.05, 3.63) is 81.7 Å². The molecule has 0 spiro atoms. The van der Waals surface area contributed by atoms with Crippen molar-refractivity contribution in [3.63, 3.8) is 0 Å². The molecule has 0 aliphatic carbocycles. The molecule has 1 amide bonds. The third-order valence-corrected chi connectivity index (χ3v) is 5.08. The van der Waals surface area contributed by atoms with E-state index >= 15 is 0 Å². The third kappa shape index (κ3) is 6.56. The van der Waals surface area contributed by atoms with E-state index < -0.39 is 6.10 Å². The van der Waals surface area contributed by atoms with Gasteiger partial charge in [-0.3, -0.25) is 4.79 Å². The van der Waals surface area contributed by atoms with Crippen LogP contribution in [0.1, 0.15) is 22.9 Å². The molecule has 1 aromatic heterocycles. The van der Waals surface area contributed by atoms with Crippen LogP contribution in [0.5, 0.6) is 0 Å². The van der Waals surface area contributed by atoms with Crippen LogP contribution < -0.4 is 10.6 Å². The summed E-state index contributed by atoms with van der Waals surface area (Å²) in [6.07, 6.45) is 0.391. The van der Waals surface area contributed by atoms with Crippen molar-refractivity contribution in [1.82, 2.24) is 10.3 Å². The Morgan fingerprint density at radius 1 is 1.14 bits per heavy atom. The molecule has 0 fully saturated rings. The zero-order valence-corrected chi connectivity index (χ0v) is 16.6. The number of hydrogen-bond donors (Lipinski definition) is 3. The Hall–Kier alpha value is -2.94. The first kappa shape index (κ1) is 20.8. The summed E-state index contributed by atoms with van der Waals surface area (Å²) in [6, 6.07) is 17.2. The van der Waals surface area contributed by atoms with Gasteiger partial charge in [0, 0.05) is 22.8 Å². The largest absolute Gasteiger partial charge is 0.387 e. The molecule has 7 nitrogen and oxygen atoms in total. The summed E-state index contributed by atoms with van der Waals surface area (Å²) in [4.78, 5) is 26.4. The summed E-state index contributed by atoms with van der Waals surface area (Å²) in [5.41, 5.74) is 3.26. The molecule has 0 saturated carbocycles. The molecule has 0 aliphatic heterocycles. The van der Waals surface area contributed by atoms with Crippen molar-refractivity contribution in [1.29, 1.82) is 0 Å². The number of thiazole rings is 1. The fourth-order valence-electron chi connectivity index (χ4n) is 2.81. The first-order valence-electron chi connectivity index (χ1n) is 9.24. The number of nitrogens with one attached hydrogen (secondary N) is 2. The van der Waals surface area contributed by atoms with Crippen molar-refractivity contribution in [2.75, 3.05) is 18.4 Å². The van der Waals surface area contributed by atoms with E-state index in [0.29, 0.717) is 17.9 Å². The fraction of sp³-hybridized carbons (Fsp3) is 0.238. The van der Waals surface area contributed by atoms with Gasteiger partial charge in [0.15, 0.2) is 0 Å². The van der Waals surface area contributed by atoms with Crippen LogP contribution in [0.15, 0.2) is 65.2 Å². The molecule has 0 bridgehead atoms. The van der Waals surface area contributed by atoms with E-state index in [1.807, 2.05) is 54.6 Å². The van der Waals surface area contributed by atoms with Crippen molar-refractivity contribution >= 4 is 28.1 Å². The molecular formula is C21H22N4O3S. The van der Waals surface area contributed by atoms with E-state index in [-0.39, 0.29) is 17.5 Å². The zero-order chi connectivity index (χ0) is 20.5. The van der Waals surface area contributed by atoms with E-state index in [1.165, 1.54) is 0 Å². The first-order chi connectivity index (χ1) is 14.1. The molecule has 0 saturated heterocycles. The number of rotatable bonds is 10. The predicted molar refractivity (Wildman–Crippen MR) is 114 cm³/mol. The lowest BCUT2D eigenvalue weighted by atomic mass is 10.1. The lowest BCUT2D eigenvalue weighted by Gasteiger charge is -2.12. The highest BCUT2D eigenvalue weighted by atomic mass is 32.1. The number of carbonyl (C=O) groups is 1. The van der Waals surface area contributed by atoms with Crippen LogP contribution in [0.25, 0.3) is 0 Å². The number of aliphatic hydroxyl groups is 1. The maximum atomic E-state index is 12.1. The maximum absolute atomic E-state index is 12.1. The maximum Gasteiger partial charge on any atom is 0.252 e.